The van der Waals surface area contributed by atoms with Gasteiger partial charge in [-0.05, 0) is 24.6 Å². The molecular weight excluding hydrogens is 299 g/mol. The Bertz CT molecular complexity index is 492. The van der Waals surface area contributed by atoms with Crippen LogP contribution in [0, 0.1) is 0 Å². The van der Waals surface area contributed by atoms with Gasteiger partial charge in [0.1, 0.15) is 0 Å². The predicted molar refractivity (Wildman–Crippen MR) is 81.3 cm³/mol. The molecule has 110 valence electrons. The maximum atomic E-state index is 11.9. The minimum atomic E-state index is -0.385. The molecule has 0 spiro atoms. The number of hydrogen-bond donors (Lipinski definition) is 1. The molecule has 0 aliphatic rings. The molecule has 2 amide bonds. The summed E-state index contributed by atoms with van der Waals surface area (Å²) in [5, 5.41) is 3.28. The van der Waals surface area contributed by atoms with E-state index in [-0.39, 0.29) is 23.4 Å². The molecule has 1 N–H and O–H groups in total. The van der Waals surface area contributed by atoms with E-state index in [1.807, 2.05) is 0 Å². The van der Waals surface area contributed by atoms with Crippen molar-refractivity contribution >= 4 is 35.0 Å². The lowest BCUT2D eigenvalue weighted by atomic mass is 10.2. The number of nitrogens with one attached hydrogen (secondary N) is 1. The van der Waals surface area contributed by atoms with Crippen LogP contribution in [-0.2, 0) is 4.79 Å². The highest BCUT2D eigenvalue weighted by Crippen LogP contribution is 2.20. The normalized spacial score (nSPS) is 10.2. The van der Waals surface area contributed by atoms with E-state index in [1.165, 1.54) is 12.1 Å². The Morgan fingerprint density at radius 3 is 2.60 bits per heavy atom. The lowest BCUT2D eigenvalue weighted by Gasteiger charge is -2.17. The van der Waals surface area contributed by atoms with Crippen molar-refractivity contribution in [3.8, 4) is 0 Å². The Morgan fingerprint density at radius 1 is 1.30 bits per heavy atom. The van der Waals surface area contributed by atoms with E-state index >= 15 is 0 Å². The third-order valence-corrected chi connectivity index (χ3v) is 3.40. The van der Waals surface area contributed by atoms with Crippen LogP contribution in [0.5, 0.6) is 0 Å². The first-order chi connectivity index (χ1) is 9.45. The quantitative estimate of drug-likeness (QED) is 0.877. The molecule has 0 saturated heterocycles. The average molecular weight is 317 g/mol. The summed E-state index contributed by atoms with van der Waals surface area (Å²) < 4.78 is 0. The molecule has 4 nitrogen and oxygen atoms in total. The fourth-order valence-corrected chi connectivity index (χ4v) is 2.07. The first-order valence-electron chi connectivity index (χ1n) is 6.43. The molecule has 0 aliphatic heterocycles. The third kappa shape index (κ3) is 5.02. The lowest BCUT2D eigenvalue weighted by molar-refractivity contribution is -0.128. The Hall–Kier alpha value is -1.26. The molecule has 1 rings (SSSR count). The number of unbranched alkanes of at least 4 members (excludes halogenated alkanes) is 1. The molecule has 0 saturated carbocycles. The van der Waals surface area contributed by atoms with Crippen LogP contribution in [0.15, 0.2) is 18.2 Å². The summed E-state index contributed by atoms with van der Waals surface area (Å²) in [6, 6.07) is 4.61. The van der Waals surface area contributed by atoms with Crippen LogP contribution in [0.3, 0.4) is 0 Å². The molecule has 0 radical (unpaired) electrons. The summed E-state index contributed by atoms with van der Waals surface area (Å²) in [6.07, 6.45) is 1.96. The lowest BCUT2D eigenvalue weighted by Crippen LogP contribution is -2.38. The van der Waals surface area contributed by atoms with E-state index in [0.29, 0.717) is 17.1 Å². The largest absolute Gasteiger partial charge is 0.344 e. The first-order valence-corrected chi connectivity index (χ1v) is 7.18. The summed E-state index contributed by atoms with van der Waals surface area (Å²) in [5.41, 5.74) is 0.306. The Balaban J connectivity index is 2.52. The van der Waals surface area contributed by atoms with Crippen LogP contribution in [-0.4, -0.2) is 36.9 Å². The van der Waals surface area contributed by atoms with E-state index in [4.69, 9.17) is 23.2 Å². The number of amides is 2. The molecular formula is C14H18Cl2N2O2. The molecule has 1 aromatic rings. The number of carbonyl (C=O) groups excluding carboxylic acids is 2. The van der Waals surface area contributed by atoms with E-state index < -0.39 is 0 Å². The summed E-state index contributed by atoms with van der Waals surface area (Å²) in [4.78, 5) is 25.3. The molecule has 6 heteroatoms. The van der Waals surface area contributed by atoms with Crippen LogP contribution < -0.4 is 5.32 Å². The van der Waals surface area contributed by atoms with Gasteiger partial charge in [0.2, 0.25) is 5.91 Å². The van der Waals surface area contributed by atoms with Gasteiger partial charge in [0.15, 0.2) is 0 Å². The summed E-state index contributed by atoms with van der Waals surface area (Å²) in [5.74, 6) is -0.513. The Labute approximate surface area is 129 Å². The van der Waals surface area contributed by atoms with E-state index in [2.05, 4.69) is 12.2 Å². The van der Waals surface area contributed by atoms with Gasteiger partial charge in [0, 0.05) is 18.6 Å². The number of halogens is 2. The van der Waals surface area contributed by atoms with Gasteiger partial charge >= 0.3 is 0 Å². The maximum absolute atomic E-state index is 11.9. The Kier molecular flexibility index (Phi) is 6.82. The minimum Gasteiger partial charge on any atom is -0.344 e. The van der Waals surface area contributed by atoms with Crippen LogP contribution in [0.2, 0.25) is 10.0 Å². The van der Waals surface area contributed by atoms with Crippen LogP contribution in [0.1, 0.15) is 30.1 Å². The smallest absolute Gasteiger partial charge is 0.253 e. The van der Waals surface area contributed by atoms with Gasteiger partial charge in [-0.25, -0.2) is 0 Å². The van der Waals surface area contributed by atoms with Crippen molar-refractivity contribution in [1.29, 1.82) is 0 Å². The van der Waals surface area contributed by atoms with E-state index in [1.54, 1.807) is 18.0 Å². The highest BCUT2D eigenvalue weighted by molar-refractivity contribution is 6.36. The van der Waals surface area contributed by atoms with Crippen molar-refractivity contribution in [2.24, 2.45) is 0 Å². The second-order valence-electron chi connectivity index (χ2n) is 4.48. The van der Waals surface area contributed by atoms with Gasteiger partial charge in [-0.15, -0.1) is 0 Å². The zero-order valence-corrected chi connectivity index (χ0v) is 13.1. The molecule has 20 heavy (non-hydrogen) atoms. The number of rotatable bonds is 6. The fraction of sp³-hybridized carbons (Fsp3) is 0.429. The third-order valence-electron chi connectivity index (χ3n) is 2.85. The van der Waals surface area contributed by atoms with Gasteiger partial charge in [-0.3, -0.25) is 9.59 Å². The number of hydrogen-bond acceptors (Lipinski definition) is 2. The van der Waals surface area contributed by atoms with E-state index in [0.717, 1.165) is 12.8 Å². The summed E-state index contributed by atoms with van der Waals surface area (Å²) in [7, 11) is 1.72. The number of nitrogens with zero attached hydrogens (tertiary/aromatic N) is 1. The number of likely N-dealkylation sites (N-methyl/N-ethyl adjacent to an activating group) is 1. The predicted octanol–water partition coefficient (Wildman–Crippen LogP) is 2.98. The van der Waals surface area contributed by atoms with Crippen molar-refractivity contribution in [2.75, 3.05) is 20.1 Å². The highest BCUT2D eigenvalue weighted by Gasteiger charge is 2.13. The summed E-state index contributed by atoms with van der Waals surface area (Å²) in [6.45, 7) is 2.70. The zero-order chi connectivity index (χ0) is 15.1. The fourth-order valence-electron chi connectivity index (χ4n) is 1.58. The van der Waals surface area contributed by atoms with Crippen LogP contribution >= 0.6 is 23.2 Å². The molecule has 0 bridgehead atoms. The average Bonchev–Trinajstić information content (AvgIpc) is 2.41. The second-order valence-corrected chi connectivity index (χ2v) is 5.32. The molecule has 0 aliphatic carbocycles. The van der Waals surface area contributed by atoms with E-state index in [9.17, 15) is 9.59 Å². The highest BCUT2D eigenvalue weighted by atomic mass is 35.5. The molecule has 0 fully saturated rings. The Morgan fingerprint density at radius 2 is 2.00 bits per heavy atom. The standard InChI is InChI=1S/C14H18Cl2N2O2/c1-3-4-7-18(2)13(19)9-17-14(20)11-6-5-10(15)8-12(11)16/h5-6,8H,3-4,7,9H2,1-2H3,(H,17,20). The number of carbonyl (C=O) groups is 2. The van der Waals surface area contributed by atoms with Gasteiger partial charge in [-0.2, -0.15) is 0 Å². The SMILES string of the molecule is CCCCN(C)C(=O)CNC(=O)c1ccc(Cl)cc1Cl. The topological polar surface area (TPSA) is 49.4 Å². The van der Waals surface area contributed by atoms with Gasteiger partial charge in [-0.1, -0.05) is 36.5 Å². The van der Waals surface area contributed by atoms with Crippen LogP contribution in [0.25, 0.3) is 0 Å². The van der Waals surface area contributed by atoms with Crippen molar-refractivity contribution in [3.63, 3.8) is 0 Å². The van der Waals surface area contributed by atoms with Gasteiger partial charge in [0.05, 0.1) is 17.1 Å². The first kappa shape index (κ1) is 16.8. The maximum Gasteiger partial charge on any atom is 0.253 e. The van der Waals surface area contributed by atoms with Gasteiger partial charge in [0.25, 0.3) is 5.91 Å². The molecule has 0 heterocycles. The van der Waals surface area contributed by atoms with Crippen molar-refractivity contribution in [1.82, 2.24) is 10.2 Å². The summed E-state index contributed by atoms with van der Waals surface area (Å²) >= 11 is 11.7. The molecule has 0 atom stereocenters. The van der Waals surface area contributed by atoms with Crippen molar-refractivity contribution < 1.29 is 9.59 Å². The zero-order valence-electron chi connectivity index (χ0n) is 11.6. The van der Waals surface area contributed by atoms with Crippen molar-refractivity contribution in [2.45, 2.75) is 19.8 Å². The van der Waals surface area contributed by atoms with Gasteiger partial charge < -0.3 is 10.2 Å². The second kappa shape index (κ2) is 8.12. The number of benzene rings is 1. The minimum absolute atomic E-state index is 0.0436. The van der Waals surface area contributed by atoms with Crippen LogP contribution in [0.4, 0.5) is 0 Å². The monoisotopic (exact) mass is 316 g/mol. The molecule has 1 aromatic carbocycles. The van der Waals surface area contributed by atoms with Crippen molar-refractivity contribution in [3.05, 3.63) is 33.8 Å². The molecule has 0 unspecified atom stereocenters. The molecule has 0 aromatic heterocycles.